The van der Waals surface area contributed by atoms with E-state index in [1.165, 1.54) is 37.3 Å². The van der Waals surface area contributed by atoms with Gasteiger partial charge in [-0.1, -0.05) is 43.3 Å². The summed E-state index contributed by atoms with van der Waals surface area (Å²) in [5, 5.41) is 9.12. The molecular weight excluding hydrogens is 347 g/mol. The van der Waals surface area contributed by atoms with Gasteiger partial charge in [0, 0.05) is 18.7 Å². The van der Waals surface area contributed by atoms with E-state index in [0.717, 1.165) is 11.0 Å². The fraction of sp³-hybridized carbons (Fsp3) is 0.263. The summed E-state index contributed by atoms with van der Waals surface area (Å²) in [4.78, 5) is 25.0. The highest BCUT2D eigenvalue weighted by atomic mass is 19.4. The SMILES string of the molecule is CC(CN(Cc1ccccc1C(F)(F)F)C(=O)c1ccccc1)C(=O)O. The molecule has 0 aromatic heterocycles. The Labute approximate surface area is 148 Å². The first kappa shape index (κ1) is 19.5. The van der Waals surface area contributed by atoms with Crippen molar-refractivity contribution >= 4 is 11.9 Å². The molecule has 2 rings (SSSR count). The average molecular weight is 365 g/mol. The van der Waals surface area contributed by atoms with Gasteiger partial charge in [0.1, 0.15) is 0 Å². The number of rotatable bonds is 6. The van der Waals surface area contributed by atoms with Crippen molar-refractivity contribution in [1.82, 2.24) is 4.90 Å². The maximum absolute atomic E-state index is 13.2. The Morgan fingerprint density at radius 2 is 1.62 bits per heavy atom. The zero-order chi connectivity index (χ0) is 19.3. The summed E-state index contributed by atoms with van der Waals surface area (Å²) < 4.78 is 39.6. The molecular formula is C19H18F3NO3. The molecule has 7 heteroatoms. The molecule has 138 valence electrons. The predicted molar refractivity (Wildman–Crippen MR) is 89.4 cm³/mol. The van der Waals surface area contributed by atoms with Crippen molar-refractivity contribution in [3.8, 4) is 0 Å². The van der Waals surface area contributed by atoms with Crippen molar-refractivity contribution in [2.45, 2.75) is 19.6 Å². The van der Waals surface area contributed by atoms with Crippen LogP contribution in [0.3, 0.4) is 0 Å². The highest BCUT2D eigenvalue weighted by molar-refractivity contribution is 5.94. The van der Waals surface area contributed by atoms with E-state index in [2.05, 4.69) is 0 Å². The van der Waals surface area contributed by atoms with E-state index < -0.39 is 29.5 Å². The van der Waals surface area contributed by atoms with Gasteiger partial charge < -0.3 is 10.0 Å². The molecule has 1 atom stereocenters. The molecule has 0 aliphatic rings. The molecule has 4 nitrogen and oxygen atoms in total. The number of carboxylic acid groups (broad SMARTS) is 1. The Kier molecular flexibility index (Phi) is 6.02. The molecule has 26 heavy (non-hydrogen) atoms. The first-order chi connectivity index (χ1) is 12.2. The molecule has 0 aliphatic heterocycles. The summed E-state index contributed by atoms with van der Waals surface area (Å²) in [7, 11) is 0. The Morgan fingerprint density at radius 1 is 1.04 bits per heavy atom. The largest absolute Gasteiger partial charge is 0.481 e. The van der Waals surface area contributed by atoms with Crippen molar-refractivity contribution in [3.63, 3.8) is 0 Å². The molecule has 0 radical (unpaired) electrons. The molecule has 0 fully saturated rings. The maximum atomic E-state index is 13.2. The molecule has 0 spiro atoms. The lowest BCUT2D eigenvalue weighted by molar-refractivity contribution is -0.142. The number of alkyl halides is 3. The summed E-state index contributed by atoms with van der Waals surface area (Å²) in [6.07, 6.45) is -4.56. The molecule has 2 aromatic rings. The topological polar surface area (TPSA) is 57.6 Å². The van der Waals surface area contributed by atoms with E-state index in [1.807, 2.05) is 0 Å². The summed E-state index contributed by atoms with van der Waals surface area (Å²) in [6, 6.07) is 13.0. The molecule has 0 heterocycles. The Bertz CT molecular complexity index is 775. The fourth-order valence-corrected chi connectivity index (χ4v) is 2.53. The third-order valence-corrected chi connectivity index (χ3v) is 3.91. The minimum atomic E-state index is -4.56. The number of hydrogen-bond donors (Lipinski definition) is 1. The van der Waals surface area contributed by atoms with Crippen molar-refractivity contribution in [2.24, 2.45) is 5.92 Å². The van der Waals surface area contributed by atoms with E-state index in [-0.39, 0.29) is 24.2 Å². The van der Waals surface area contributed by atoms with Gasteiger partial charge in [-0.2, -0.15) is 13.2 Å². The number of hydrogen-bond acceptors (Lipinski definition) is 2. The summed E-state index contributed by atoms with van der Waals surface area (Å²) in [6.45, 7) is 0.875. The van der Waals surface area contributed by atoms with Gasteiger partial charge >= 0.3 is 12.1 Å². The molecule has 1 unspecified atom stereocenters. The second kappa shape index (κ2) is 8.03. The zero-order valence-corrected chi connectivity index (χ0v) is 14.0. The maximum Gasteiger partial charge on any atom is 0.416 e. The van der Waals surface area contributed by atoms with Gasteiger partial charge in [0.15, 0.2) is 0 Å². The first-order valence-electron chi connectivity index (χ1n) is 7.92. The highest BCUT2D eigenvalue weighted by Gasteiger charge is 2.34. The van der Waals surface area contributed by atoms with Crippen LogP contribution in [-0.2, 0) is 17.5 Å². The van der Waals surface area contributed by atoms with Gasteiger partial charge in [-0.25, -0.2) is 0 Å². The molecule has 1 amide bonds. The van der Waals surface area contributed by atoms with Crippen LogP contribution in [0.15, 0.2) is 54.6 Å². The zero-order valence-electron chi connectivity index (χ0n) is 14.0. The molecule has 1 N–H and O–H groups in total. The molecule has 0 saturated carbocycles. The quantitative estimate of drug-likeness (QED) is 0.840. The van der Waals surface area contributed by atoms with Crippen LogP contribution >= 0.6 is 0 Å². The van der Waals surface area contributed by atoms with Crippen LogP contribution in [0.25, 0.3) is 0 Å². The van der Waals surface area contributed by atoms with E-state index >= 15 is 0 Å². The number of amides is 1. The van der Waals surface area contributed by atoms with Crippen LogP contribution in [0.1, 0.15) is 28.4 Å². The summed E-state index contributed by atoms with van der Waals surface area (Å²) in [5.41, 5.74) is -0.634. The fourth-order valence-electron chi connectivity index (χ4n) is 2.53. The monoisotopic (exact) mass is 365 g/mol. The normalized spacial score (nSPS) is 12.5. The standard InChI is InChI=1S/C19H18F3NO3/c1-13(18(25)26)11-23(17(24)14-7-3-2-4-8-14)12-15-9-5-6-10-16(15)19(20,21)22/h2-10,13H,11-12H2,1H3,(H,25,26). The minimum Gasteiger partial charge on any atom is -0.481 e. The van der Waals surface area contributed by atoms with Gasteiger partial charge in [0.05, 0.1) is 11.5 Å². The third kappa shape index (κ3) is 4.84. The van der Waals surface area contributed by atoms with Crippen molar-refractivity contribution in [3.05, 3.63) is 71.3 Å². The number of benzene rings is 2. The average Bonchev–Trinajstić information content (AvgIpc) is 2.60. The number of carbonyl (C=O) groups excluding carboxylic acids is 1. The van der Waals surface area contributed by atoms with Gasteiger partial charge in [-0.05, 0) is 23.8 Å². The number of aliphatic carboxylic acids is 1. The van der Waals surface area contributed by atoms with Gasteiger partial charge in [-0.15, -0.1) is 0 Å². The van der Waals surface area contributed by atoms with Crippen LogP contribution in [0, 0.1) is 5.92 Å². The van der Waals surface area contributed by atoms with Crippen LogP contribution in [0.5, 0.6) is 0 Å². The lowest BCUT2D eigenvalue weighted by atomic mass is 10.0. The van der Waals surface area contributed by atoms with Gasteiger partial charge in [0.25, 0.3) is 5.91 Å². The van der Waals surface area contributed by atoms with E-state index in [9.17, 15) is 22.8 Å². The molecule has 2 aromatic carbocycles. The van der Waals surface area contributed by atoms with Crippen LogP contribution in [-0.4, -0.2) is 28.4 Å². The van der Waals surface area contributed by atoms with E-state index in [4.69, 9.17) is 5.11 Å². The number of carbonyl (C=O) groups is 2. The smallest absolute Gasteiger partial charge is 0.416 e. The second-order valence-electron chi connectivity index (χ2n) is 5.95. The number of halogens is 3. The van der Waals surface area contributed by atoms with Gasteiger partial charge in [0.2, 0.25) is 0 Å². The van der Waals surface area contributed by atoms with Crippen LogP contribution in [0.2, 0.25) is 0 Å². The van der Waals surface area contributed by atoms with Gasteiger partial charge in [-0.3, -0.25) is 9.59 Å². The lowest BCUT2D eigenvalue weighted by Gasteiger charge is -2.26. The van der Waals surface area contributed by atoms with Crippen LogP contribution < -0.4 is 0 Å². The predicted octanol–water partition coefficient (Wildman–Crippen LogP) is 4.07. The minimum absolute atomic E-state index is 0.0816. The molecule has 0 aliphatic carbocycles. The lowest BCUT2D eigenvalue weighted by Crippen LogP contribution is -2.37. The molecule has 0 saturated heterocycles. The van der Waals surface area contributed by atoms with E-state index in [0.29, 0.717) is 0 Å². The Hall–Kier alpha value is -2.83. The first-order valence-corrected chi connectivity index (χ1v) is 7.92. The van der Waals surface area contributed by atoms with Crippen molar-refractivity contribution in [2.75, 3.05) is 6.54 Å². The van der Waals surface area contributed by atoms with Crippen molar-refractivity contribution in [1.29, 1.82) is 0 Å². The second-order valence-corrected chi connectivity index (χ2v) is 5.95. The highest BCUT2D eigenvalue weighted by Crippen LogP contribution is 2.32. The van der Waals surface area contributed by atoms with Crippen LogP contribution in [0.4, 0.5) is 13.2 Å². The van der Waals surface area contributed by atoms with E-state index in [1.54, 1.807) is 18.2 Å². The summed E-state index contributed by atoms with van der Waals surface area (Å²) in [5.74, 6) is -2.56. The number of nitrogens with zero attached hydrogens (tertiary/aromatic N) is 1. The number of carboxylic acids is 1. The van der Waals surface area contributed by atoms with Crippen molar-refractivity contribution < 1.29 is 27.9 Å². The molecule has 0 bridgehead atoms. The Balaban J connectivity index is 2.36. The Morgan fingerprint density at radius 3 is 2.19 bits per heavy atom. The summed E-state index contributed by atoms with van der Waals surface area (Å²) >= 11 is 0. The third-order valence-electron chi connectivity index (χ3n) is 3.91.